The minimum absolute atomic E-state index is 0.109. The highest BCUT2D eigenvalue weighted by molar-refractivity contribution is 5.76. The predicted octanol–water partition coefficient (Wildman–Crippen LogP) is 0.653. The molecule has 94 valence electrons. The van der Waals surface area contributed by atoms with E-state index in [9.17, 15) is 4.79 Å². The Balaban J connectivity index is 2.06. The summed E-state index contributed by atoms with van der Waals surface area (Å²) in [6.45, 7) is 5.83. The molecule has 4 nitrogen and oxygen atoms in total. The number of rotatable bonds is 8. The van der Waals surface area contributed by atoms with Crippen molar-refractivity contribution in [1.82, 2.24) is 10.6 Å². The molecule has 0 spiro atoms. The van der Waals surface area contributed by atoms with Crippen LogP contribution in [-0.4, -0.2) is 36.8 Å². The number of carbonyl (C=O) groups excluding carboxylic acids is 1. The summed E-state index contributed by atoms with van der Waals surface area (Å²) < 4.78 is 0. The molecule has 0 saturated heterocycles. The van der Waals surface area contributed by atoms with Gasteiger partial charge in [0.05, 0.1) is 0 Å². The molecule has 1 aliphatic carbocycles. The van der Waals surface area contributed by atoms with Gasteiger partial charge in [0.2, 0.25) is 5.91 Å². The lowest BCUT2D eigenvalue weighted by Gasteiger charge is -2.14. The van der Waals surface area contributed by atoms with Crippen molar-refractivity contribution < 1.29 is 9.90 Å². The van der Waals surface area contributed by atoms with Crippen molar-refractivity contribution in [2.45, 2.75) is 45.6 Å². The molecule has 0 radical (unpaired) electrons. The van der Waals surface area contributed by atoms with Crippen LogP contribution in [0.25, 0.3) is 0 Å². The molecule has 1 amide bonds. The van der Waals surface area contributed by atoms with Gasteiger partial charge in [-0.05, 0) is 24.7 Å². The van der Waals surface area contributed by atoms with E-state index in [4.69, 9.17) is 5.11 Å². The average molecular weight is 228 g/mol. The molecule has 0 atom stereocenters. The first-order valence-electron chi connectivity index (χ1n) is 6.19. The van der Waals surface area contributed by atoms with Crippen LogP contribution in [-0.2, 0) is 4.79 Å². The van der Waals surface area contributed by atoms with E-state index in [0.717, 1.165) is 32.4 Å². The van der Waals surface area contributed by atoms with Gasteiger partial charge in [0.25, 0.3) is 0 Å². The minimum atomic E-state index is 0.109. The van der Waals surface area contributed by atoms with Crippen LogP contribution in [0.4, 0.5) is 0 Å². The highest BCUT2D eigenvalue weighted by Gasteiger charge is 2.41. The third-order valence-corrected chi connectivity index (χ3v) is 3.16. The zero-order valence-electron chi connectivity index (χ0n) is 10.4. The molecule has 0 unspecified atom stereocenters. The predicted molar refractivity (Wildman–Crippen MR) is 64.1 cm³/mol. The van der Waals surface area contributed by atoms with Crippen LogP contribution in [0.2, 0.25) is 0 Å². The highest BCUT2D eigenvalue weighted by Crippen LogP contribution is 2.47. The number of carbonyl (C=O) groups is 1. The van der Waals surface area contributed by atoms with Crippen LogP contribution in [0.3, 0.4) is 0 Å². The lowest BCUT2D eigenvalue weighted by molar-refractivity contribution is -0.121. The van der Waals surface area contributed by atoms with E-state index in [0.29, 0.717) is 12.5 Å². The first-order chi connectivity index (χ1) is 7.58. The summed E-state index contributed by atoms with van der Waals surface area (Å²) in [6, 6.07) is 0.428. The van der Waals surface area contributed by atoms with Crippen molar-refractivity contribution in [3.63, 3.8) is 0 Å². The van der Waals surface area contributed by atoms with E-state index in [2.05, 4.69) is 24.5 Å². The molecule has 0 aliphatic heterocycles. The van der Waals surface area contributed by atoms with Crippen molar-refractivity contribution in [1.29, 1.82) is 0 Å². The molecule has 1 aliphatic rings. The molecule has 0 heterocycles. The number of aliphatic hydroxyl groups excluding tert-OH is 1. The van der Waals surface area contributed by atoms with Crippen LogP contribution < -0.4 is 10.6 Å². The maximum atomic E-state index is 11.5. The number of amides is 1. The fourth-order valence-corrected chi connectivity index (χ4v) is 1.78. The second-order valence-corrected chi connectivity index (χ2v) is 5.11. The van der Waals surface area contributed by atoms with Crippen molar-refractivity contribution >= 4 is 5.91 Å². The fourth-order valence-electron chi connectivity index (χ4n) is 1.78. The zero-order chi connectivity index (χ0) is 12.0. The van der Waals surface area contributed by atoms with E-state index in [-0.39, 0.29) is 17.9 Å². The van der Waals surface area contributed by atoms with Crippen LogP contribution >= 0.6 is 0 Å². The molecule has 1 fully saturated rings. The minimum Gasteiger partial charge on any atom is -0.396 e. The van der Waals surface area contributed by atoms with Gasteiger partial charge in [-0.1, -0.05) is 13.8 Å². The van der Waals surface area contributed by atoms with Crippen LogP contribution in [0, 0.1) is 5.41 Å². The standard InChI is InChI=1S/C12H24N2O2/c1-10(2)13-7-3-11(16)14-9-12(4-5-12)6-8-15/h10,13,15H,3-9H2,1-2H3,(H,14,16). The molecule has 0 aromatic heterocycles. The van der Waals surface area contributed by atoms with E-state index in [1.807, 2.05) is 0 Å². The quantitative estimate of drug-likeness (QED) is 0.572. The van der Waals surface area contributed by atoms with E-state index < -0.39 is 0 Å². The summed E-state index contributed by atoms with van der Waals surface area (Å²) in [6.07, 6.45) is 3.63. The summed E-state index contributed by atoms with van der Waals surface area (Å²) in [5.41, 5.74) is 0.218. The Morgan fingerprint density at radius 1 is 1.44 bits per heavy atom. The summed E-state index contributed by atoms with van der Waals surface area (Å²) in [5.74, 6) is 0.109. The molecule has 4 heteroatoms. The number of nitrogens with one attached hydrogen (secondary N) is 2. The topological polar surface area (TPSA) is 61.4 Å². The monoisotopic (exact) mass is 228 g/mol. The highest BCUT2D eigenvalue weighted by atomic mass is 16.3. The van der Waals surface area contributed by atoms with Gasteiger partial charge in [-0.25, -0.2) is 0 Å². The Morgan fingerprint density at radius 2 is 2.12 bits per heavy atom. The Kier molecular flexibility index (Phi) is 5.22. The summed E-state index contributed by atoms with van der Waals surface area (Å²) in [7, 11) is 0. The summed E-state index contributed by atoms with van der Waals surface area (Å²) >= 11 is 0. The largest absolute Gasteiger partial charge is 0.396 e. The van der Waals surface area contributed by atoms with Crippen molar-refractivity contribution in [2.75, 3.05) is 19.7 Å². The molecule has 1 rings (SSSR count). The van der Waals surface area contributed by atoms with Gasteiger partial charge >= 0.3 is 0 Å². The zero-order valence-corrected chi connectivity index (χ0v) is 10.4. The van der Waals surface area contributed by atoms with E-state index in [1.165, 1.54) is 0 Å². The smallest absolute Gasteiger partial charge is 0.221 e. The molecule has 0 aromatic rings. The van der Waals surface area contributed by atoms with Crippen molar-refractivity contribution in [3.8, 4) is 0 Å². The molecular formula is C12H24N2O2. The number of aliphatic hydroxyl groups is 1. The maximum absolute atomic E-state index is 11.5. The number of hydrogen-bond donors (Lipinski definition) is 3. The lowest BCUT2D eigenvalue weighted by Crippen LogP contribution is -2.34. The van der Waals surface area contributed by atoms with E-state index in [1.54, 1.807) is 0 Å². The molecule has 1 saturated carbocycles. The van der Waals surface area contributed by atoms with Gasteiger partial charge in [0, 0.05) is 32.2 Å². The molecular weight excluding hydrogens is 204 g/mol. The van der Waals surface area contributed by atoms with Crippen LogP contribution in [0.5, 0.6) is 0 Å². The average Bonchev–Trinajstić information content (AvgIpc) is 2.96. The van der Waals surface area contributed by atoms with Gasteiger partial charge < -0.3 is 15.7 Å². The van der Waals surface area contributed by atoms with Gasteiger partial charge in [-0.2, -0.15) is 0 Å². The summed E-state index contributed by atoms with van der Waals surface area (Å²) in [5, 5.41) is 15.1. The van der Waals surface area contributed by atoms with Gasteiger partial charge in [-0.15, -0.1) is 0 Å². The normalized spacial score (nSPS) is 17.5. The second kappa shape index (κ2) is 6.21. The van der Waals surface area contributed by atoms with Gasteiger partial charge in [0.1, 0.15) is 0 Å². The Labute approximate surface area is 97.8 Å². The first-order valence-corrected chi connectivity index (χ1v) is 6.19. The molecule has 16 heavy (non-hydrogen) atoms. The summed E-state index contributed by atoms with van der Waals surface area (Å²) in [4.78, 5) is 11.5. The molecule has 3 N–H and O–H groups in total. The Bertz CT molecular complexity index is 225. The Hall–Kier alpha value is -0.610. The third kappa shape index (κ3) is 4.94. The lowest BCUT2D eigenvalue weighted by atomic mass is 10.0. The molecule has 0 aromatic carbocycles. The van der Waals surface area contributed by atoms with Crippen molar-refractivity contribution in [3.05, 3.63) is 0 Å². The van der Waals surface area contributed by atoms with Gasteiger partial charge in [-0.3, -0.25) is 4.79 Å². The third-order valence-electron chi connectivity index (χ3n) is 3.16. The van der Waals surface area contributed by atoms with Crippen LogP contribution in [0.15, 0.2) is 0 Å². The van der Waals surface area contributed by atoms with E-state index >= 15 is 0 Å². The van der Waals surface area contributed by atoms with Crippen molar-refractivity contribution in [2.24, 2.45) is 5.41 Å². The fraction of sp³-hybridized carbons (Fsp3) is 0.917. The van der Waals surface area contributed by atoms with Gasteiger partial charge in [0.15, 0.2) is 0 Å². The maximum Gasteiger partial charge on any atom is 0.221 e. The molecule has 0 bridgehead atoms. The SMILES string of the molecule is CC(C)NCCC(=O)NCC1(CCO)CC1. The Morgan fingerprint density at radius 3 is 2.62 bits per heavy atom. The first kappa shape index (κ1) is 13.5. The van der Waals surface area contributed by atoms with Crippen LogP contribution in [0.1, 0.15) is 39.5 Å². The number of hydrogen-bond acceptors (Lipinski definition) is 3. The second-order valence-electron chi connectivity index (χ2n) is 5.11.